The van der Waals surface area contributed by atoms with E-state index >= 15 is 0 Å². The van der Waals surface area contributed by atoms with E-state index in [2.05, 4.69) is 20.9 Å². The van der Waals surface area contributed by atoms with Gasteiger partial charge in [-0.1, -0.05) is 18.2 Å². The first kappa shape index (κ1) is 26.5. The molecular weight excluding hydrogens is 518 g/mol. The number of carbonyl (C=O) groups is 4. The number of rotatable bonds is 9. The monoisotopic (exact) mass is 545 g/mol. The average Bonchev–Trinajstić information content (AvgIpc) is 3.58. The Morgan fingerprint density at radius 1 is 1.07 bits per heavy atom. The molecule has 2 atom stereocenters. The lowest BCUT2D eigenvalue weighted by molar-refractivity contribution is -0.138. The molecule has 4 N–H and O–H groups in total. The molecule has 2 aliphatic heterocycles. The van der Waals surface area contributed by atoms with Crippen LogP contribution in [0.25, 0.3) is 0 Å². The fourth-order valence-electron chi connectivity index (χ4n) is 4.59. The maximum Gasteiger partial charge on any atom is 0.319 e. The van der Waals surface area contributed by atoms with Crippen LogP contribution in [0.3, 0.4) is 0 Å². The summed E-state index contributed by atoms with van der Waals surface area (Å²) in [5.41, 5.74) is 2.41. The maximum atomic E-state index is 13.0. The molecule has 3 aromatic rings. The minimum Gasteiger partial charge on any atom is -0.481 e. The molecule has 2 aromatic carbocycles. The van der Waals surface area contributed by atoms with Crippen molar-refractivity contribution in [1.82, 2.24) is 15.6 Å². The SMILES string of the molecule is O=C(O)CC(NC(=O)C1CC(=O)N(c2cccc(NC(=O)NCc3ccc4c(c3)OCO4)c2)C1)c1cccnc1. The number of amides is 4. The van der Waals surface area contributed by atoms with Crippen LogP contribution in [0.5, 0.6) is 11.5 Å². The minimum atomic E-state index is -1.07. The first-order chi connectivity index (χ1) is 19.4. The third-order valence-corrected chi connectivity index (χ3v) is 6.58. The number of aliphatic carboxylic acids is 1. The van der Waals surface area contributed by atoms with Gasteiger partial charge in [0.25, 0.3) is 0 Å². The minimum absolute atomic E-state index is 0.0215. The summed E-state index contributed by atoms with van der Waals surface area (Å²) in [6, 6.07) is 14.3. The molecule has 4 amide bonds. The molecule has 1 aromatic heterocycles. The predicted octanol–water partition coefficient (Wildman–Crippen LogP) is 2.82. The smallest absolute Gasteiger partial charge is 0.319 e. The first-order valence-electron chi connectivity index (χ1n) is 12.6. The zero-order chi connectivity index (χ0) is 28.1. The van der Waals surface area contributed by atoms with Gasteiger partial charge >= 0.3 is 12.0 Å². The van der Waals surface area contributed by atoms with Crippen molar-refractivity contribution in [3.05, 3.63) is 78.1 Å². The second kappa shape index (κ2) is 11.7. The van der Waals surface area contributed by atoms with E-state index in [9.17, 15) is 24.3 Å². The number of aromatic nitrogens is 1. The van der Waals surface area contributed by atoms with Crippen molar-refractivity contribution in [1.29, 1.82) is 0 Å². The van der Waals surface area contributed by atoms with Crippen molar-refractivity contribution in [2.75, 3.05) is 23.6 Å². The van der Waals surface area contributed by atoms with Crippen molar-refractivity contribution in [2.45, 2.75) is 25.4 Å². The number of nitrogens with one attached hydrogen (secondary N) is 3. The Morgan fingerprint density at radius 2 is 1.93 bits per heavy atom. The lowest BCUT2D eigenvalue weighted by Gasteiger charge is -2.20. The number of nitrogens with zero attached hydrogens (tertiary/aromatic N) is 2. The van der Waals surface area contributed by atoms with Crippen LogP contribution in [0.15, 0.2) is 67.0 Å². The molecule has 0 bridgehead atoms. The molecule has 12 heteroatoms. The van der Waals surface area contributed by atoms with E-state index < -0.39 is 29.9 Å². The Balaban J connectivity index is 1.18. The lowest BCUT2D eigenvalue weighted by Crippen LogP contribution is -2.36. The summed E-state index contributed by atoms with van der Waals surface area (Å²) in [5.74, 6) is -1.10. The fraction of sp³-hybridized carbons (Fsp3) is 0.250. The standard InChI is InChI=1S/C28H27N5O7/c34-25-10-19(27(37)32-22(12-26(35)36)18-3-2-8-29-14-18)15-33(25)21-5-1-4-20(11-21)31-28(38)30-13-17-6-7-23-24(9-17)40-16-39-23/h1-9,11,14,19,22H,10,12-13,15-16H2,(H,32,37)(H,35,36)(H2,30,31,38). The summed E-state index contributed by atoms with van der Waals surface area (Å²) < 4.78 is 10.6. The molecule has 1 fully saturated rings. The molecule has 0 spiro atoms. The second-order valence-corrected chi connectivity index (χ2v) is 9.40. The van der Waals surface area contributed by atoms with Gasteiger partial charge in [0.15, 0.2) is 11.5 Å². The molecule has 12 nitrogen and oxygen atoms in total. The molecule has 3 heterocycles. The highest BCUT2D eigenvalue weighted by atomic mass is 16.7. The number of hydrogen-bond acceptors (Lipinski definition) is 7. The highest BCUT2D eigenvalue weighted by Gasteiger charge is 2.36. The van der Waals surface area contributed by atoms with Crippen LogP contribution in [0.1, 0.15) is 30.0 Å². The van der Waals surface area contributed by atoms with Crippen LogP contribution in [0.4, 0.5) is 16.2 Å². The Labute approximate surface area is 229 Å². The molecule has 206 valence electrons. The van der Waals surface area contributed by atoms with Crippen LogP contribution in [0.2, 0.25) is 0 Å². The third kappa shape index (κ3) is 6.29. The highest BCUT2D eigenvalue weighted by Crippen LogP contribution is 2.32. The topological polar surface area (TPSA) is 159 Å². The summed E-state index contributed by atoms with van der Waals surface area (Å²) in [6.07, 6.45) is 2.73. The quantitative estimate of drug-likeness (QED) is 0.319. The molecular formula is C28H27N5O7. The van der Waals surface area contributed by atoms with Crippen molar-refractivity contribution < 1.29 is 33.8 Å². The average molecular weight is 546 g/mol. The van der Waals surface area contributed by atoms with Gasteiger partial charge in [-0.3, -0.25) is 19.4 Å². The van der Waals surface area contributed by atoms with Crippen LogP contribution >= 0.6 is 0 Å². The Bertz CT molecular complexity index is 1430. The number of benzene rings is 2. The van der Waals surface area contributed by atoms with Gasteiger partial charge in [-0.05, 0) is 47.5 Å². The molecule has 2 aliphatic rings. The molecule has 0 saturated carbocycles. The van der Waals surface area contributed by atoms with Gasteiger partial charge in [0.2, 0.25) is 18.6 Å². The molecule has 5 rings (SSSR count). The van der Waals surface area contributed by atoms with E-state index in [1.807, 2.05) is 6.07 Å². The predicted molar refractivity (Wildman–Crippen MR) is 143 cm³/mol. The number of pyridine rings is 1. The number of carboxylic acids is 1. The largest absolute Gasteiger partial charge is 0.481 e. The van der Waals surface area contributed by atoms with Gasteiger partial charge < -0.3 is 35.4 Å². The van der Waals surface area contributed by atoms with Crippen LogP contribution < -0.4 is 30.3 Å². The number of urea groups is 1. The Hall–Kier alpha value is -5.13. The lowest BCUT2D eigenvalue weighted by atomic mass is 10.0. The van der Waals surface area contributed by atoms with E-state index in [0.717, 1.165) is 5.56 Å². The Morgan fingerprint density at radius 3 is 2.73 bits per heavy atom. The summed E-state index contributed by atoms with van der Waals surface area (Å²) in [6.45, 7) is 0.563. The highest BCUT2D eigenvalue weighted by molar-refractivity contribution is 6.01. The van der Waals surface area contributed by atoms with E-state index in [1.54, 1.807) is 54.7 Å². The number of anilines is 2. The van der Waals surface area contributed by atoms with Crippen LogP contribution in [0, 0.1) is 5.92 Å². The van der Waals surface area contributed by atoms with E-state index in [4.69, 9.17) is 9.47 Å². The second-order valence-electron chi connectivity index (χ2n) is 9.40. The number of ether oxygens (including phenoxy) is 2. The summed E-state index contributed by atoms with van der Waals surface area (Å²) in [7, 11) is 0. The Kier molecular flexibility index (Phi) is 7.76. The van der Waals surface area contributed by atoms with Crippen molar-refractivity contribution in [3.63, 3.8) is 0 Å². The first-order valence-corrected chi connectivity index (χ1v) is 12.6. The van der Waals surface area contributed by atoms with Gasteiger partial charge in [0.05, 0.1) is 18.4 Å². The molecule has 1 saturated heterocycles. The molecule has 40 heavy (non-hydrogen) atoms. The third-order valence-electron chi connectivity index (χ3n) is 6.58. The summed E-state index contributed by atoms with van der Waals surface area (Å²) in [4.78, 5) is 55.2. The zero-order valence-corrected chi connectivity index (χ0v) is 21.3. The fourth-order valence-corrected chi connectivity index (χ4v) is 4.59. The molecule has 2 unspecified atom stereocenters. The van der Waals surface area contributed by atoms with Crippen molar-refractivity contribution in [3.8, 4) is 11.5 Å². The van der Waals surface area contributed by atoms with E-state index in [1.165, 1.54) is 11.1 Å². The van der Waals surface area contributed by atoms with Gasteiger partial charge in [-0.25, -0.2) is 4.79 Å². The number of hydrogen-bond donors (Lipinski definition) is 4. The normalized spacial score (nSPS) is 16.4. The van der Waals surface area contributed by atoms with Crippen LogP contribution in [-0.4, -0.2) is 47.2 Å². The number of carbonyl (C=O) groups excluding carboxylic acids is 3. The number of fused-ring (bicyclic) bond motifs is 1. The van der Waals surface area contributed by atoms with Crippen molar-refractivity contribution >= 4 is 35.2 Å². The van der Waals surface area contributed by atoms with Crippen LogP contribution in [-0.2, 0) is 20.9 Å². The van der Waals surface area contributed by atoms with Gasteiger partial charge in [0.1, 0.15) is 0 Å². The van der Waals surface area contributed by atoms with E-state index in [-0.39, 0.29) is 38.6 Å². The zero-order valence-electron chi connectivity index (χ0n) is 21.3. The summed E-state index contributed by atoms with van der Waals surface area (Å²) >= 11 is 0. The number of carboxylic acid groups (broad SMARTS) is 1. The molecule has 0 aliphatic carbocycles. The van der Waals surface area contributed by atoms with Crippen molar-refractivity contribution in [2.24, 2.45) is 5.92 Å². The van der Waals surface area contributed by atoms with Gasteiger partial charge in [-0.2, -0.15) is 0 Å². The van der Waals surface area contributed by atoms with Gasteiger partial charge in [0, 0.05) is 43.3 Å². The maximum absolute atomic E-state index is 13.0. The molecule has 0 radical (unpaired) electrons. The summed E-state index contributed by atoms with van der Waals surface area (Å²) in [5, 5.41) is 17.6. The van der Waals surface area contributed by atoms with Gasteiger partial charge in [-0.15, -0.1) is 0 Å². The van der Waals surface area contributed by atoms with E-state index in [0.29, 0.717) is 28.4 Å².